The van der Waals surface area contributed by atoms with Crippen LogP contribution in [0.4, 0.5) is 11.4 Å². The van der Waals surface area contributed by atoms with E-state index >= 15 is 0 Å². The third-order valence-electron chi connectivity index (χ3n) is 5.28. The maximum Gasteiger partial charge on any atom is 0.340 e. The highest BCUT2D eigenvalue weighted by molar-refractivity contribution is 7.92. The van der Waals surface area contributed by atoms with E-state index in [2.05, 4.69) is 0 Å². The predicted octanol–water partition coefficient (Wildman–Crippen LogP) is 3.23. The van der Waals surface area contributed by atoms with Crippen molar-refractivity contribution in [3.8, 4) is 5.75 Å². The first-order valence-electron chi connectivity index (χ1n) is 10.1. The number of hydrogen-bond acceptors (Lipinski definition) is 8. The molecule has 0 spiro atoms. The second kappa shape index (κ2) is 9.51. The molecular formula is C22H23N3O8S. The van der Waals surface area contributed by atoms with Gasteiger partial charge in [-0.1, -0.05) is 25.1 Å². The SMILES string of the molecule is CC[C@@H](C(=O)n1cc(C(=O)OC)c2ccccc21)N(c1cc([N+](=O)[O-])ccc1OC)S(C)(=O)=O. The molecule has 34 heavy (non-hydrogen) atoms. The number of nitro groups is 1. The first kappa shape index (κ1) is 24.7. The summed E-state index contributed by atoms with van der Waals surface area (Å²) in [5.74, 6) is -1.28. The van der Waals surface area contributed by atoms with Crippen LogP contribution in [0.25, 0.3) is 10.9 Å². The molecule has 0 fully saturated rings. The Bertz CT molecular complexity index is 1380. The highest BCUT2D eigenvalue weighted by atomic mass is 32.2. The lowest BCUT2D eigenvalue weighted by Crippen LogP contribution is -2.46. The maximum atomic E-state index is 13.7. The number of nitro benzene ring substituents is 1. The van der Waals surface area contributed by atoms with Crippen molar-refractivity contribution in [2.75, 3.05) is 24.8 Å². The van der Waals surface area contributed by atoms with Crippen LogP contribution in [-0.4, -0.2) is 56.3 Å². The summed E-state index contributed by atoms with van der Waals surface area (Å²) in [7, 11) is -1.62. The number of anilines is 1. The number of nitrogens with zero attached hydrogens (tertiary/aromatic N) is 3. The van der Waals surface area contributed by atoms with Crippen molar-refractivity contribution < 1.29 is 32.4 Å². The van der Waals surface area contributed by atoms with Gasteiger partial charge in [0.25, 0.3) is 11.6 Å². The van der Waals surface area contributed by atoms with Gasteiger partial charge in [-0.25, -0.2) is 13.2 Å². The second-order valence-corrected chi connectivity index (χ2v) is 9.22. The topological polar surface area (TPSA) is 138 Å². The number of fused-ring (bicyclic) bond motifs is 1. The van der Waals surface area contributed by atoms with Gasteiger partial charge < -0.3 is 9.47 Å². The second-order valence-electron chi connectivity index (χ2n) is 7.36. The van der Waals surface area contributed by atoms with Crippen LogP contribution in [0.1, 0.15) is 28.5 Å². The summed E-state index contributed by atoms with van der Waals surface area (Å²) in [4.78, 5) is 36.7. The van der Waals surface area contributed by atoms with Gasteiger partial charge in [0.15, 0.2) is 0 Å². The summed E-state index contributed by atoms with van der Waals surface area (Å²) in [6, 6.07) is 8.81. The van der Waals surface area contributed by atoms with Gasteiger partial charge in [0, 0.05) is 23.7 Å². The standard InChI is InChI=1S/C22H23N3O8S/c1-5-17(21(26)23-13-16(22(27)33-3)15-8-6-7-9-18(15)23)24(34(4,30)31)19-12-14(25(28)29)10-11-20(19)32-2/h6-13,17H,5H2,1-4H3/t17-/m0/s1. The third kappa shape index (κ3) is 4.44. The fourth-order valence-electron chi connectivity index (χ4n) is 3.78. The van der Waals surface area contributed by atoms with Crippen LogP contribution in [-0.2, 0) is 14.8 Å². The highest BCUT2D eigenvalue weighted by Crippen LogP contribution is 2.36. The molecule has 1 atom stereocenters. The minimum Gasteiger partial charge on any atom is -0.495 e. The smallest absolute Gasteiger partial charge is 0.340 e. The number of esters is 1. The zero-order valence-electron chi connectivity index (χ0n) is 18.9. The number of methoxy groups -OCH3 is 2. The number of benzene rings is 2. The van der Waals surface area contributed by atoms with Crippen LogP contribution in [0.5, 0.6) is 5.75 Å². The van der Waals surface area contributed by atoms with Crippen molar-refractivity contribution in [1.82, 2.24) is 4.57 Å². The van der Waals surface area contributed by atoms with Crippen LogP contribution in [0.2, 0.25) is 0 Å². The van der Waals surface area contributed by atoms with Crippen LogP contribution in [0.3, 0.4) is 0 Å². The lowest BCUT2D eigenvalue weighted by atomic mass is 10.1. The van der Waals surface area contributed by atoms with Crippen molar-refractivity contribution in [3.63, 3.8) is 0 Å². The number of non-ortho nitro benzene ring substituents is 1. The molecule has 0 aliphatic heterocycles. The zero-order valence-corrected chi connectivity index (χ0v) is 19.7. The van der Waals surface area contributed by atoms with Crippen molar-refractivity contribution in [2.45, 2.75) is 19.4 Å². The highest BCUT2D eigenvalue weighted by Gasteiger charge is 2.36. The molecule has 1 heterocycles. The molecular weight excluding hydrogens is 466 g/mol. The van der Waals surface area contributed by atoms with Gasteiger partial charge in [-0.2, -0.15) is 0 Å². The number of para-hydroxylation sites is 1. The van der Waals surface area contributed by atoms with Crippen LogP contribution in [0.15, 0.2) is 48.7 Å². The Kier molecular flexibility index (Phi) is 6.91. The molecule has 0 unspecified atom stereocenters. The minimum absolute atomic E-state index is 0.0256. The van der Waals surface area contributed by atoms with Crippen molar-refractivity contribution in [2.24, 2.45) is 0 Å². The fourth-order valence-corrected chi connectivity index (χ4v) is 4.98. The third-order valence-corrected chi connectivity index (χ3v) is 6.44. The molecule has 0 bridgehead atoms. The average Bonchev–Trinajstić information content (AvgIpc) is 3.20. The van der Waals surface area contributed by atoms with E-state index in [9.17, 15) is 28.1 Å². The maximum absolute atomic E-state index is 13.7. The average molecular weight is 490 g/mol. The zero-order chi connectivity index (χ0) is 25.2. The van der Waals surface area contributed by atoms with E-state index in [0.717, 1.165) is 16.6 Å². The predicted molar refractivity (Wildman–Crippen MR) is 125 cm³/mol. The molecule has 1 aromatic heterocycles. The van der Waals surface area contributed by atoms with Crippen LogP contribution < -0.4 is 9.04 Å². The number of hydrogen-bond donors (Lipinski definition) is 0. The quantitative estimate of drug-likeness (QED) is 0.267. The van der Waals surface area contributed by atoms with E-state index < -0.39 is 32.9 Å². The van der Waals surface area contributed by atoms with Crippen molar-refractivity contribution >= 4 is 44.2 Å². The van der Waals surface area contributed by atoms with E-state index in [4.69, 9.17) is 9.47 Å². The molecule has 0 radical (unpaired) electrons. The van der Waals surface area contributed by atoms with E-state index in [1.807, 2.05) is 0 Å². The largest absolute Gasteiger partial charge is 0.495 e. The Hall–Kier alpha value is -3.93. The van der Waals surface area contributed by atoms with Crippen molar-refractivity contribution in [3.05, 3.63) is 64.3 Å². The monoisotopic (exact) mass is 489 g/mol. The van der Waals surface area contributed by atoms with Gasteiger partial charge in [0.2, 0.25) is 10.0 Å². The summed E-state index contributed by atoms with van der Waals surface area (Å²) in [5, 5.41) is 11.8. The minimum atomic E-state index is -4.12. The molecule has 2 aromatic carbocycles. The summed E-state index contributed by atoms with van der Waals surface area (Å²) in [5.41, 5.74) is 0.00106. The molecule has 180 valence electrons. The normalized spacial score (nSPS) is 12.2. The summed E-state index contributed by atoms with van der Waals surface area (Å²) >= 11 is 0. The van der Waals surface area contributed by atoms with Gasteiger partial charge >= 0.3 is 5.97 Å². The van der Waals surface area contributed by atoms with E-state index in [1.165, 1.54) is 37.1 Å². The number of carbonyl (C=O) groups excluding carboxylic acids is 2. The summed E-state index contributed by atoms with van der Waals surface area (Å²) in [6.45, 7) is 1.61. The summed E-state index contributed by atoms with van der Waals surface area (Å²) in [6.07, 6.45) is 2.22. The number of aromatic nitrogens is 1. The van der Waals surface area contributed by atoms with Crippen LogP contribution in [0, 0.1) is 10.1 Å². The number of sulfonamides is 1. The molecule has 3 rings (SSSR count). The van der Waals surface area contributed by atoms with Crippen LogP contribution >= 0.6 is 0 Å². The Labute approximate surface area is 195 Å². The van der Waals surface area contributed by atoms with E-state index in [1.54, 1.807) is 31.2 Å². The Morgan fingerprint density at radius 2 is 1.85 bits per heavy atom. The van der Waals surface area contributed by atoms with Gasteiger partial charge in [0.1, 0.15) is 17.5 Å². The Balaban J connectivity index is 2.24. The number of rotatable bonds is 8. The number of carbonyl (C=O) groups is 2. The lowest BCUT2D eigenvalue weighted by molar-refractivity contribution is -0.384. The van der Waals surface area contributed by atoms with Gasteiger partial charge in [0.05, 0.1) is 36.5 Å². The van der Waals surface area contributed by atoms with E-state index in [-0.39, 0.29) is 29.1 Å². The van der Waals surface area contributed by atoms with Crippen molar-refractivity contribution in [1.29, 1.82) is 0 Å². The Morgan fingerprint density at radius 1 is 1.18 bits per heavy atom. The molecule has 0 saturated heterocycles. The molecule has 12 heteroatoms. The van der Waals surface area contributed by atoms with Gasteiger partial charge in [-0.05, 0) is 18.6 Å². The van der Waals surface area contributed by atoms with Gasteiger partial charge in [-0.3, -0.25) is 23.8 Å². The molecule has 0 aliphatic rings. The van der Waals surface area contributed by atoms with E-state index in [0.29, 0.717) is 10.9 Å². The first-order chi connectivity index (χ1) is 16.0. The first-order valence-corrected chi connectivity index (χ1v) is 11.9. The summed E-state index contributed by atoms with van der Waals surface area (Å²) < 4.78 is 37.9. The molecule has 0 aliphatic carbocycles. The molecule has 0 amide bonds. The molecule has 11 nitrogen and oxygen atoms in total. The van der Waals surface area contributed by atoms with Gasteiger partial charge in [-0.15, -0.1) is 0 Å². The molecule has 3 aromatic rings. The Morgan fingerprint density at radius 3 is 2.41 bits per heavy atom. The fraction of sp³-hybridized carbons (Fsp3) is 0.273. The number of ether oxygens (including phenoxy) is 2. The molecule has 0 saturated carbocycles. The molecule has 0 N–H and O–H groups in total. The lowest BCUT2D eigenvalue weighted by Gasteiger charge is -2.31.